The van der Waals surface area contributed by atoms with Gasteiger partial charge in [0.05, 0.1) is 27.7 Å². The zero-order valence-corrected chi connectivity index (χ0v) is 14.1. The highest BCUT2D eigenvalue weighted by atomic mass is 35.5. The Kier molecular flexibility index (Phi) is 4.02. The van der Waals surface area contributed by atoms with Crippen molar-refractivity contribution in [2.45, 2.75) is 20.8 Å². The van der Waals surface area contributed by atoms with Crippen LogP contribution in [-0.2, 0) is 0 Å². The highest BCUT2D eigenvalue weighted by Crippen LogP contribution is 2.37. The van der Waals surface area contributed by atoms with Gasteiger partial charge in [0.2, 0.25) is 0 Å². The molecule has 0 radical (unpaired) electrons. The Morgan fingerprint density at radius 3 is 2.32 bits per heavy atom. The largest absolute Gasteiger partial charge is 0.491 e. The number of imidazole rings is 1. The molecule has 0 aliphatic rings. The van der Waals surface area contributed by atoms with Crippen molar-refractivity contribution < 1.29 is 4.74 Å². The molecule has 2 aromatic carbocycles. The zero-order chi connectivity index (χ0) is 15.9. The van der Waals surface area contributed by atoms with Crippen LogP contribution in [0.25, 0.3) is 22.4 Å². The molecular formula is C17H16Cl2N2O. The number of H-pyrrole nitrogens is 1. The van der Waals surface area contributed by atoms with E-state index in [0.29, 0.717) is 22.4 Å². The normalized spacial score (nSPS) is 11.1. The van der Waals surface area contributed by atoms with Gasteiger partial charge >= 0.3 is 0 Å². The molecular weight excluding hydrogens is 319 g/mol. The Morgan fingerprint density at radius 2 is 1.68 bits per heavy atom. The number of ether oxygens (including phenoxy) is 1. The molecule has 1 N–H and O–H groups in total. The number of aromatic nitrogens is 2. The maximum atomic E-state index is 6.26. The van der Waals surface area contributed by atoms with Crippen LogP contribution in [0, 0.1) is 13.8 Å². The maximum Gasteiger partial charge on any atom is 0.156 e. The van der Waals surface area contributed by atoms with Gasteiger partial charge in [-0.3, -0.25) is 0 Å². The fraction of sp³-hybridized carbons (Fsp3) is 0.235. The molecule has 1 heterocycles. The molecule has 3 nitrogen and oxygen atoms in total. The van der Waals surface area contributed by atoms with E-state index in [1.54, 1.807) is 0 Å². The second-order valence-corrected chi connectivity index (χ2v) is 6.06. The van der Waals surface area contributed by atoms with Gasteiger partial charge in [-0.05, 0) is 56.2 Å². The molecule has 0 atom stereocenters. The molecule has 0 aliphatic carbocycles. The quantitative estimate of drug-likeness (QED) is 0.681. The van der Waals surface area contributed by atoms with Gasteiger partial charge in [0.15, 0.2) is 5.75 Å². The molecule has 3 rings (SSSR count). The van der Waals surface area contributed by atoms with Crippen molar-refractivity contribution in [2.24, 2.45) is 0 Å². The summed E-state index contributed by atoms with van der Waals surface area (Å²) in [5.41, 5.74) is 5.21. The van der Waals surface area contributed by atoms with Gasteiger partial charge in [0, 0.05) is 5.56 Å². The van der Waals surface area contributed by atoms with Crippen molar-refractivity contribution in [3.63, 3.8) is 0 Å². The SMILES string of the molecule is CCOc1c(Cl)cc(-c2nc3cc(C)c(C)cc3[nH]2)cc1Cl. The van der Waals surface area contributed by atoms with E-state index < -0.39 is 0 Å². The van der Waals surface area contributed by atoms with Crippen LogP contribution in [0.15, 0.2) is 24.3 Å². The van der Waals surface area contributed by atoms with E-state index in [4.69, 9.17) is 27.9 Å². The van der Waals surface area contributed by atoms with Crippen LogP contribution in [0.5, 0.6) is 5.75 Å². The monoisotopic (exact) mass is 334 g/mol. The first-order chi connectivity index (χ1) is 10.5. The van der Waals surface area contributed by atoms with Crippen molar-refractivity contribution in [3.05, 3.63) is 45.4 Å². The number of nitrogens with zero attached hydrogens (tertiary/aromatic N) is 1. The molecule has 22 heavy (non-hydrogen) atoms. The highest BCUT2D eigenvalue weighted by Gasteiger charge is 2.13. The summed E-state index contributed by atoms with van der Waals surface area (Å²) in [6.45, 7) is 6.57. The number of aromatic amines is 1. The molecule has 0 saturated carbocycles. The first kappa shape index (κ1) is 15.2. The minimum absolute atomic E-state index is 0.483. The van der Waals surface area contributed by atoms with E-state index in [1.165, 1.54) is 11.1 Å². The Morgan fingerprint density at radius 1 is 1.05 bits per heavy atom. The van der Waals surface area contributed by atoms with Gasteiger partial charge in [-0.1, -0.05) is 23.2 Å². The van der Waals surface area contributed by atoms with Crippen LogP contribution in [0.4, 0.5) is 0 Å². The molecule has 0 saturated heterocycles. The summed E-state index contributed by atoms with van der Waals surface area (Å²) >= 11 is 12.5. The van der Waals surface area contributed by atoms with Gasteiger partial charge in [-0.25, -0.2) is 4.98 Å². The topological polar surface area (TPSA) is 37.9 Å². The van der Waals surface area contributed by atoms with Crippen LogP contribution in [0.1, 0.15) is 18.1 Å². The maximum absolute atomic E-state index is 6.26. The van der Waals surface area contributed by atoms with Crippen LogP contribution in [0.2, 0.25) is 10.0 Å². The number of aryl methyl sites for hydroxylation is 2. The van der Waals surface area contributed by atoms with Gasteiger partial charge in [0.1, 0.15) is 5.82 Å². The van der Waals surface area contributed by atoms with Crippen molar-refractivity contribution >= 4 is 34.2 Å². The molecule has 0 fully saturated rings. The number of hydrogen-bond donors (Lipinski definition) is 1. The summed E-state index contributed by atoms with van der Waals surface area (Å²) < 4.78 is 5.45. The standard InChI is InChI=1S/C17H16Cl2N2O/c1-4-22-16-12(18)7-11(8-13(16)19)17-20-14-5-9(2)10(3)6-15(14)21-17/h5-8H,4H2,1-3H3,(H,20,21). The summed E-state index contributed by atoms with van der Waals surface area (Å²) in [7, 11) is 0. The van der Waals surface area contributed by atoms with Gasteiger partial charge in [-0.2, -0.15) is 0 Å². The molecule has 5 heteroatoms. The molecule has 1 aromatic heterocycles. The molecule has 0 unspecified atom stereocenters. The first-order valence-electron chi connectivity index (χ1n) is 7.08. The number of hydrogen-bond acceptors (Lipinski definition) is 2. The van der Waals surface area contributed by atoms with Gasteiger partial charge < -0.3 is 9.72 Å². The molecule has 0 bridgehead atoms. The lowest BCUT2D eigenvalue weighted by Gasteiger charge is -2.09. The predicted octanol–water partition coefficient (Wildman–Crippen LogP) is 5.55. The Labute approximate surface area is 139 Å². The lowest BCUT2D eigenvalue weighted by Crippen LogP contribution is -1.94. The minimum Gasteiger partial charge on any atom is -0.491 e. The summed E-state index contributed by atoms with van der Waals surface area (Å²) in [6.07, 6.45) is 0. The molecule has 114 valence electrons. The van der Waals surface area contributed by atoms with E-state index in [2.05, 4.69) is 35.9 Å². The number of halogens is 2. The number of rotatable bonds is 3. The van der Waals surface area contributed by atoms with Gasteiger partial charge in [-0.15, -0.1) is 0 Å². The number of nitrogens with one attached hydrogen (secondary N) is 1. The molecule has 0 spiro atoms. The molecule has 3 aromatic rings. The summed E-state index contributed by atoms with van der Waals surface area (Å²) in [5.74, 6) is 1.25. The minimum atomic E-state index is 0.483. The summed E-state index contributed by atoms with van der Waals surface area (Å²) in [4.78, 5) is 7.95. The highest BCUT2D eigenvalue weighted by molar-refractivity contribution is 6.37. The van der Waals surface area contributed by atoms with E-state index >= 15 is 0 Å². The fourth-order valence-corrected chi connectivity index (χ4v) is 2.98. The number of fused-ring (bicyclic) bond motifs is 1. The third kappa shape index (κ3) is 2.67. The van der Waals surface area contributed by atoms with E-state index in [-0.39, 0.29) is 0 Å². The average molecular weight is 335 g/mol. The Bertz CT molecular complexity index is 793. The van der Waals surface area contributed by atoms with Crippen LogP contribution >= 0.6 is 23.2 Å². The third-order valence-corrected chi connectivity index (χ3v) is 4.22. The molecule has 0 aliphatic heterocycles. The second kappa shape index (κ2) is 5.82. The Balaban J connectivity index is 2.11. The average Bonchev–Trinajstić information content (AvgIpc) is 2.86. The van der Waals surface area contributed by atoms with Crippen molar-refractivity contribution in [1.29, 1.82) is 0 Å². The predicted molar refractivity (Wildman–Crippen MR) is 92.2 cm³/mol. The summed E-state index contributed by atoms with van der Waals surface area (Å²) in [6, 6.07) is 7.80. The van der Waals surface area contributed by atoms with E-state index in [9.17, 15) is 0 Å². The van der Waals surface area contributed by atoms with Crippen molar-refractivity contribution in [1.82, 2.24) is 9.97 Å². The lowest BCUT2D eigenvalue weighted by molar-refractivity contribution is 0.340. The zero-order valence-electron chi connectivity index (χ0n) is 12.6. The number of benzene rings is 2. The van der Waals surface area contributed by atoms with Crippen molar-refractivity contribution in [3.8, 4) is 17.1 Å². The van der Waals surface area contributed by atoms with Crippen molar-refractivity contribution in [2.75, 3.05) is 6.61 Å². The third-order valence-electron chi connectivity index (χ3n) is 3.66. The van der Waals surface area contributed by atoms with Crippen LogP contribution in [-0.4, -0.2) is 16.6 Å². The summed E-state index contributed by atoms with van der Waals surface area (Å²) in [5, 5.41) is 0.967. The van der Waals surface area contributed by atoms with Gasteiger partial charge in [0.25, 0.3) is 0 Å². The Hall–Kier alpha value is -1.71. The first-order valence-corrected chi connectivity index (χ1v) is 7.84. The van der Waals surface area contributed by atoms with Crippen LogP contribution in [0.3, 0.4) is 0 Å². The van der Waals surface area contributed by atoms with E-state index in [1.807, 2.05) is 19.1 Å². The molecule has 0 amide bonds. The second-order valence-electron chi connectivity index (χ2n) is 5.24. The fourth-order valence-electron chi connectivity index (χ4n) is 2.39. The lowest BCUT2D eigenvalue weighted by atomic mass is 10.1. The van der Waals surface area contributed by atoms with E-state index in [0.717, 1.165) is 22.4 Å². The smallest absolute Gasteiger partial charge is 0.156 e. The van der Waals surface area contributed by atoms with Crippen LogP contribution < -0.4 is 4.74 Å².